The molecule has 240 valence electrons. The lowest BCUT2D eigenvalue weighted by Gasteiger charge is -2.26. The Morgan fingerprint density at radius 3 is 2.00 bits per heavy atom. The third kappa shape index (κ3) is 16.6. The Morgan fingerprint density at radius 1 is 0.884 bits per heavy atom. The van der Waals surface area contributed by atoms with Crippen molar-refractivity contribution in [2.24, 2.45) is 0 Å². The van der Waals surface area contributed by atoms with Crippen LogP contribution in [0.2, 0.25) is 0 Å². The first-order chi connectivity index (χ1) is 20.9. The number of carbonyl (C=O) groups excluding carboxylic acids is 3. The Balaban J connectivity index is 0.000000369. The van der Waals surface area contributed by atoms with Gasteiger partial charge in [-0.2, -0.15) is 4.98 Å². The maximum Gasteiger partial charge on any atom is 0.319 e. The molecule has 1 saturated heterocycles. The van der Waals surface area contributed by atoms with Crippen LogP contribution in [0.3, 0.4) is 0 Å². The van der Waals surface area contributed by atoms with Gasteiger partial charge in [0.25, 0.3) is 5.91 Å². The first-order valence-corrected chi connectivity index (χ1v) is 15.8. The van der Waals surface area contributed by atoms with Crippen molar-refractivity contribution in [3.63, 3.8) is 0 Å². The van der Waals surface area contributed by atoms with Gasteiger partial charge in [0.05, 0.1) is 26.8 Å². The van der Waals surface area contributed by atoms with Crippen molar-refractivity contribution in [1.82, 2.24) is 25.5 Å². The van der Waals surface area contributed by atoms with Gasteiger partial charge in [0.1, 0.15) is 5.78 Å². The summed E-state index contributed by atoms with van der Waals surface area (Å²) in [4.78, 5) is 44.1. The van der Waals surface area contributed by atoms with Gasteiger partial charge >= 0.3 is 6.01 Å². The predicted octanol–water partition coefficient (Wildman–Crippen LogP) is 5.36. The standard InChI is InChI=1S/C15H24N4O3.C10H11NO2.C6H12.C2H6/c1-3-22-14-12(10-17-15(18-14)21-2)9-16-11-13(20)19-7-5-4-6-8-19;1-8(12)7-11-10(13)9-5-3-2-4-6-9;1-2-4-6-5-3-1;1-2/h10,16H,3-9,11H2,1-2H3;2-6H,7H2,1H3,(H,11,13);1-6H2;1-2H3. The molecule has 1 aliphatic heterocycles. The number of ketones is 1. The van der Waals surface area contributed by atoms with Gasteiger partial charge in [-0.25, -0.2) is 4.98 Å². The molecule has 43 heavy (non-hydrogen) atoms. The van der Waals surface area contributed by atoms with Crippen molar-refractivity contribution in [3.05, 3.63) is 47.7 Å². The molecule has 4 rings (SSSR count). The lowest BCUT2D eigenvalue weighted by molar-refractivity contribution is -0.131. The Hall–Kier alpha value is -3.53. The molecule has 0 bridgehead atoms. The van der Waals surface area contributed by atoms with Crippen LogP contribution >= 0.6 is 0 Å². The number of piperidine rings is 1. The number of Topliss-reactive ketones (excluding diaryl/α,β-unsaturated/α-hetero) is 1. The highest BCUT2D eigenvalue weighted by atomic mass is 16.5. The van der Waals surface area contributed by atoms with E-state index in [1.54, 1.807) is 30.5 Å². The summed E-state index contributed by atoms with van der Waals surface area (Å²) in [6, 6.07) is 9.08. The Kier molecular flexibility index (Phi) is 20.9. The van der Waals surface area contributed by atoms with Crippen molar-refractivity contribution in [2.75, 3.05) is 39.9 Å². The van der Waals surface area contributed by atoms with Gasteiger partial charge in [0, 0.05) is 37.0 Å². The van der Waals surface area contributed by atoms with E-state index in [4.69, 9.17) is 9.47 Å². The molecule has 1 aliphatic carbocycles. The quantitative estimate of drug-likeness (QED) is 0.374. The fraction of sp³-hybridized carbons (Fsp3) is 0.606. The number of nitrogens with one attached hydrogen (secondary N) is 2. The normalized spacial score (nSPS) is 13.8. The van der Waals surface area contributed by atoms with Crippen LogP contribution in [0.25, 0.3) is 0 Å². The monoisotopic (exact) mass is 599 g/mol. The summed E-state index contributed by atoms with van der Waals surface area (Å²) < 4.78 is 10.5. The number of nitrogens with zero attached hydrogens (tertiary/aromatic N) is 3. The first-order valence-electron chi connectivity index (χ1n) is 15.8. The van der Waals surface area contributed by atoms with E-state index >= 15 is 0 Å². The van der Waals surface area contributed by atoms with Gasteiger partial charge < -0.3 is 25.0 Å². The third-order valence-electron chi connectivity index (χ3n) is 6.60. The number of carbonyl (C=O) groups is 3. The fourth-order valence-corrected chi connectivity index (χ4v) is 4.37. The van der Waals surface area contributed by atoms with E-state index in [0.29, 0.717) is 31.1 Å². The van der Waals surface area contributed by atoms with E-state index in [2.05, 4.69) is 20.6 Å². The number of rotatable bonds is 10. The zero-order valence-corrected chi connectivity index (χ0v) is 27.0. The summed E-state index contributed by atoms with van der Waals surface area (Å²) in [5, 5.41) is 5.65. The van der Waals surface area contributed by atoms with Gasteiger partial charge in [-0.1, -0.05) is 70.6 Å². The molecule has 10 nitrogen and oxygen atoms in total. The van der Waals surface area contributed by atoms with E-state index in [0.717, 1.165) is 31.5 Å². The first kappa shape index (κ1) is 37.5. The minimum absolute atomic E-state index is 0.0516. The molecular weight excluding hydrogens is 546 g/mol. The highest BCUT2D eigenvalue weighted by molar-refractivity contribution is 5.96. The van der Waals surface area contributed by atoms with Gasteiger partial charge in [-0.15, -0.1) is 0 Å². The lowest BCUT2D eigenvalue weighted by Crippen LogP contribution is -2.41. The summed E-state index contributed by atoms with van der Waals surface area (Å²) in [6.07, 6.45) is 14.1. The number of amides is 2. The topological polar surface area (TPSA) is 123 Å². The molecular formula is C33H53N5O5. The Bertz CT molecular complexity index is 1030. The van der Waals surface area contributed by atoms with Gasteiger partial charge in [-0.3, -0.25) is 14.4 Å². The third-order valence-corrected chi connectivity index (χ3v) is 6.60. The second-order valence-electron chi connectivity index (χ2n) is 10.0. The SMILES string of the molecule is C1CCCCC1.CC.CC(=O)CNC(=O)c1ccccc1.CCOc1nc(OC)ncc1CNCC(=O)N1CCCCC1. The molecule has 0 unspecified atom stereocenters. The van der Waals surface area contributed by atoms with E-state index in [-0.39, 0.29) is 30.2 Å². The minimum Gasteiger partial charge on any atom is -0.478 e. The lowest BCUT2D eigenvalue weighted by atomic mass is 10.0. The Morgan fingerprint density at radius 2 is 1.47 bits per heavy atom. The molecule has 10 heteroatoms. The molecule has 0 radical (unpaired) electrons. The van der Waals surface area contributed by atoms with Crippen LogP contribution in [0, 0.1) is 0 Å². The summed E-state index contributed by atoms with van der Waals surface area (Å²) in [6.45, 7) is 10.5. The number of methoxy groups -OCH3 is 1. The summed E-state index contributed by atoms with van der Waals surface area (Å²) in [7, 11) is 1.51. The van der Waals surface area contributed by atoms with Crippen LogP contribution in [-0.2, 0) is 16.1 Å². The Labute approximate surface area is 258 Å². The number of likely N-dealkylation sites (tertiary alicyclic amines) is 1. The van der Waals surface area contributed by atoms with Crippen molar-refractivity contribution in [2.45, 2.75) is 92.0 Å². The van der Waals surface area contributed by atoms with Crippen molar-refractivity contribution < 1.29 is 23.9 Å². The molecule has 1 saturated carbocycles. The number of benzene rings is 1. The zero-order valence-electron chi connectivity index (χ0n) is 27.0. The summed E-state index contributed by atoms with van der Waals surface area (Å²) in [5.74, 6) is 0.374. The highest BCUT2D eigenvalue weighted by Gasteiger charge is 2.16. The largest absolute Gasteiger partial charge is 0.478 e. The summed E-state index contributed by atoms with van der Waals surface area (Å²) >= 11 is 0. The van der Waals surface area contributed by atoms with Crippen LogP contribution in [0.1, 0.15) is 101 Å². The van der Waals surface area contributed by atoms with Gasteiger partial charge in [-0.05, 0) is 45.2 Å². The second kappa shape index (κ2) is 24.0. The van der Waals surface area contributed by atoms with Gasteiger partial charge in [0.2, 0.25) is 11.8 Å². The number of ether oxygens (including phenoxy) is 2. The minimum atomic E-state index is -0.212. The van der Waals surface area contributed by atoms with E-state index in [1.807, 2.05) is 31.7 Å². The van der Waals surface area contributed by atoms with Crippen LogP contribution in [-0.4, -0.2) is 72.4 Å². The second-order valence-corrected chi connectivity index (χ2v) is 10.0. The number of aromatic nitrogens is 2. The highest BCUT2D eigenvalue weighted by Crippen LogP contribution is 2.17. The molecule has 2 aliphatic rings. The van der Waals surface area contributed by atoms with E-state index in [9.17, 15) is 14.4 Å². The van der Waals surface area contributed by atoms with Crippen molar-refractivity contribution >= 4 is 17.6 Å². The van der Waals surface area contributed by atoms with E-state index in [1.165, 1.54) is 59.0 Å². The average Bonchev–Trinajstić information content (AvgIpc) is 3.07. The molecule has 2 fully saturated rings. The van der Waals surface area contributed by atoms with E-state index < -0.39 is 0 Å². The maximum atomic E-state index is 12.1. The van der Waals surface area contributed by atoms with Crippen molar-refractivity contribution in [3.8, 4) is 11.9 Å². The molecule has 0 spiro atoms. The fourth-order valence-electron chi connectivity index (χ4n) is 4.37. The molecule has 1 aromatic carbocycles. The number of hydrogen-bond acceptors (Lipinski definition) is 8. The van der Waals surface area contributed by atoms with Crippen LogP contribution in [0.15, 0.2) is 36.5 Å². The van der Waals surface area contributed by atoms with Crippen LogP contribution < -0.4 is 20.1 Å². The molecule has 2 aromatic rings. The molecule has 2 amide bonds. The van der Waals surface area contributed by atoms with Crippen LogP contribution in [0.4, 0.5) is 0 Å². The van der Waals surface area contributed by atoms with Gasteiger partial charge in [0.15, 0.2) is 0 Å². The average molecular weight is 600 g/mol. The number of hydrogen-bond donors (Lipinski definition) is 2. The summed E-state index contributed by atoms with van der Waals surface area (Å²) in [5.41, 5.74) is 1.39. The predicted molar refractivity (Wildman–Crippen MR) is 170 cm³/mol. The molecule has 2 heterocycles. The molecule has 2 N–H and O–H groups in total. The van der Waals surface area contributed by atoms with Crippen LogP contribution in [0.5, 0.6) is 11.9 Å². The van der Waals surface area contributed by atoms with Crippen molar-refractivity contribution in [1.29, 1.82) is 0 Å². The molecule has 0 atom stereocenters. The zero-order chi connectivity index (χ0) is 31.7. The smallest absolute Gasteiger partial charge is 0.319 e. The molecule has 1 aromatic heterocycles. The maximum absolute atomic E-state index is 12.1.